The van der Waals surface area contributed by atoms with E-state index in [0.717, 1.165) is 31.7 Å². The first-order chi connectivity index (χ1) is 9.54. The molecular weight excluding hydrogens is 293 g/mol. The Balaban J connectivity index is 2.14. The highest BCUT2D eigenvalue weighted by Gasteiger charge is 2.27. The van der Waals surface area contributed by atoms with Crippen LogP contribution in [0.5, 0.6) is 0 Å². The lowest BCUT2D eigenvalue weighted by Crippen LogP contribution is -2.51. The maximum absolute atomic E-state index is 6.32. The average Bonchev–Trinajstić information content (AvgIpc) is 2.43. The van der Waals surface area contributed by atoms with Crippen molar-refractivity contribution < 1.29 is 0 Å². The molecule has 5 heteroatoms. The first-order valence-corrected chi connectivity index (χ1v) is 7.92. The fraction of sp³-hybridized carbons (Fsp3) is 0.600. The summed E-state index contributed by atoms with van der Waals surface area (Å²) in [4.78, 5) is 4.88. The van der Waals surface area contributed by atoms with Crippen molar-refractivity contribution in [2.45, 2.75) is 25.9 Å². The van der Waals surface area contributed by atoms with Gasteiger partial charge in [-0.3, -0.25) is 9.80 Å². The van der Waals surface area contributed by atoms with Gasteiger partial charge in [0.2, 0.25) is 0 Å². The van der Waals surface area contributed by atoms with Gasteiger partial charge < -0.3 is 5.73 Å². The van der Waals surface area contributed by atoms with Gasteiger partial charge in [0.05, 0.1) is 6.04 Å². The van der Waals surface area contributed by atoms with E-state index in [4.69, 9.17) is 28.9 Å². The lowest BCUT2D eigenvalue weighted by molar-refractivity contribution is 0.0803. The summed E-state index contributed by atoms with van der Waals surface area (Å²) in [5, 5.41) is 1.42. The van der Waals surface area contributed by atoms with Gasteiger partial charge in [-0.05, 0) is 26.0 Å². The topological polar surface area (TPSA) is 32.5 Å². The number of nitrogens with two attached hydrogens (primary N) is 1. The predicted octanol–water partition coefficient (Wildman–Crippen LogP) is 3.02. The Morgan fingerprint density at radius 2 is 1.55 bits per heavy atom. The van der Waals surface area contributed by atoms with Gasteiger partial charge in [-0.1, -0.05) is 29.3 Å². The van der Waals surface area contributed by atoms with Crippen molar-refractivity contribution in [3.63, 3.8) is 0 Å². The normalized spacial score (nSPS) is 19.5. The van der Waals surface area contributed by atoms with Crippen molar-refractivity contribution in [1.82, 2.24) is 9.80 Å². The molecule has 2 N–H and O–H groups in total. The van der Waals surface area contributed by atoms with E-state index in [0.29, 0.717) is 22.6 Å². The molecule has 1 atom stereocenters. The molecule has 1 saturated heterocycles. The van der Waals surface area contributed by atoms with E-state index >= 15 is 0 Å². The summed E-state index contributed by atoms with van der Waals surface area (Å²) in [7, 11) is 0. The molecule has 0 amide bonds. The van der Waals surface area contributed by atoms with Crippen LogP contribution >= 0.6 is 23.2 Å². The SMILES string of the molecule is CC(C)N1CCN(C(CN)c2c(Cl)cccc2Cl)CC1. The summed E-state index contributed by atoms with van der Waals surface area (Å²) in [6.45, 7) is 9.14. The maximum Gasteiger partial charge on any atom is 0.0501 e. The summed E-state index contributed by atoms with van der Waals surface area (Å²) in [6.07, 6.45) is 0. The molecule has 112 valence electrons. The summed E-state index contributed by atoms with van der Waals surface area (Å²) in [5.74, 6) is 0. The van der Waals surface area contributed by atoms with Crippen LogP contribution in [0, 0.1) is 0 Å². The Kier molecular flexibility index (Phi) is 5.70. The van der Waals surface area contributed by atoms with E-state index < -0.39 is 0 Å². The van der Waals surface area contributed by atoms with Crippen molar-refractivity contribution in [3.8, 4) is 0 Å². The molecule has 1 fully saturated rings. The van der Waals surface area contributed by atoms with E-state index in [1.54, 1.807) is 0 Å². The van der Waals surface area contributed by atoms with Gasteiger partial charge in [-0.25, -0.2) is 0 Å². The Hall–Kier alpha value is -0.320. The minimum Gasteiger partial charge on any atom is -0.329 e. The zero-order valence-corrected chi connectivity index (χ0v) is 13.7. The molecule has 0 radical (unpaired) electrons. The Labute approximate surface area is 131 Å². The Morgan fingerprint density at radius 3 is 2.00 bits per heavy atom. The lowest BCUT2D eigenvalue weighted by Gasteiger charge is -2.41. The average molecular weight is 316 g/mol. The molecule has 1 unspecified atom stereocenters. The second-order valence-corrected chi connectivity index (χ2v) is 6.37. The number of benzene rings is 1. The van der Waals surface area contributed by atoms with Crippen molar-refractivity contribution in [2.75, 3.05) is 32.7 Å². The van der Waals surface area contributed by atoms with E-state index in [2.05, 4.69) is 23.6 Å². The second kappa shape index (κ2) is 7.10. The van der Waals surface area contributed by atoms with Gasteiger partial charge in [0.1, 0.15) is 0 Å². The number of rotatable bonds is 4. The summed E-state index contributed by atoms with van der Waals surface area (Å²) < 4.78 is 0. The largest absolute Gasteiger partial charge is 0.329 e. The summed E-state index contributed by atoms with van der Waals surface area (Å²) in [5.41, 5.74) is 6.96. The van der Waals surface area contributed by atoms with Gasteiger partial charge in [0.15, 0.2) is 0 Å². The van der Waals surface area contributed by atoms with Gasteiger partial charge >= 0.3 is 0 Å². The highest BCUT2D eigenvalue weighted by molar-refractivity contribution is 6.36. The predicted molar refractivity (Wildman–Crippen MR) is 86.5 cm³/mol. The van der Waals surface area contributed by atoms with E-state index in [1.165, 1.54) is 0 Å². The maximum atomic E-state index is 6.32. The minimum atomic E-state index is 0.102. The molecule has 1 aliphatic heterocycles. The standard InChI is InChI=1S/C15H23Cl2N3/c1-11(2)19-6-8-20(9-7-19)14(10-18)15-12(16)4-3-5-13(15)17/h3-5,11,14H,6-10,18H2,1-2H3. The van der Waals surface area contributed by atoms with Crippen LogP contribution in [-0.2, 0) is 0 Å². The molecule has 0 aliphatic carbocycles. The van der Waals surface area contributed by atoms with E-state index in [9.17, 15) is 0 Å². The first kappa shape index (κ1) is 16.1. The summed E-state index contributed by atoms with van der Waals surface area (Å²) >= 11 is 12.6. The highest BCUT2D eigenvalue weighted by Crippen LogP contribution is 2.33. The summed E-state index contributed by atoms with van der Waals surface area (Å²) in [6, 6.07) is 6.34. The van der Waals surface area contributed by atoms with Gasteiger partial charge in [0.25, 0.3) is 0 Å². The van der Waals surface area contributed by atoms with Crippen molar-refractivity contribution in [1.29, 1.82) is 0 Å². The van der Waals surface area contributed by atoms with Crippen LogP contribution in [0.4, 0.5) is 0 Å². The number of nitrogens with zero attached hydrogens (tertiary/aromatic N) is 2. The van der Waals surface area contributed by atoms with Crippen LogP contribution in [0.15, 0.2) is 18.2 Å². The number of halogens is 2. The fourth-order valence-electron chi connectivity index (χ4n) is 2.84. The molecule has 0 aromatic heterocycles. The van der Waals surface area contributed by atoms with Crippen LogP contribution in [0.2, 0.25) is 10.0 Å². The quantitative estimate of drug-likeness (QED) is 0.927. The van der Waals surface area contributed by atoms with E-state index in [1.807, 2.05) is 18.2 Å². The zero-order chi connectivity index (χ0) is 14.7. The third-order valence-electron chi connectivity index (χ3n) is 4.08. The smallest absolute Gasteiger partial charge is 0.0501 e. The lowest BCUT2D eigenvalue weighted by atomic mass is 10.0. The fourth-order valence-corrected chi connectivity index (χ4v) is 3.49. The molecule has 1 aromatic carbocycles. The third kappa shape index (κ3) is 3.46. The molecule has 20 heavy (non-hydrogen) atoms. The van der Waals surface area contributed by atoms with Crippen LogP contribution in [0.1, 0.15) is 25.5 Å². The first-order valence-electron chi connectivity index (χ1n) is 7.16. The Bertz CT molecular complexity index is 422. The van der Waals surface area contributed by atoms with Crippen LogP contribution in [0.3, 0.4) is 0 Å². The van der Waals surface area contributed by atoms with Crippen molar-refractivity contribution >= 4 is 23.2 Å². The number of piperazine rings is 1. The van der Waals surface area contributed by atoms with Gasteiger partial charge in [0, 0.05) is 54.4 Å². The molecule has 0 spiro atoms. The molecule has 2 rings (SSSR count). The highest BCUT2D eigenvalue weighted by atomic mass is 35.5. The minimum absolute atomic E-state index is 0.102. The van der Waals surface area contributed by atoms with Crippen molar-refractivity contribution in [3.05, 3.63) is 33.8 Å². The molecule has 1 aliphatic rings. The van der Waals surface area contributed by atoms with Gasteiger partial charge in [-0.2, -0.15) is 0 Å². The van der Waals surface area contributed by atoms with Crippen molar-refractivity contribution in [2.24, 2.45) is 5.73 Å². The molecule has 1 aromatic rings. The van der Waals surface area contributed by atoms with Gasteiger partial charge in [-0.15, -0.1) is 0 Å². The number of hydrogen-bond acceptors (Lipinski definition) is 3. The van der Waals surface area contributed by atoms with Crippen LogP contribution in [-0.4, -0.2) is 48.6 Å². The monoisotopic (exact) mass is 315 g/mol. The van der Waals surface area contributed by atoms with Crippen LogP contribution < -0.4 is 5.73 Å². The molecule has 0 bridgehead atoms. The van der Waals surface area contributed by atoms with Crippen LogP contribution in [0.25, 0.3) is 0 Å². The Morgan fingerprint density at radius 1 is 1.05 bits per heavy atom. The molecular formula is C15H23Cl2N3. The van der Waals surface area contributed by atoms with E-state index in [-0.39, 0.29) is 6.04 Å². The zero-order valence-electron chi connectivity index (χ0n) is 12.1. The molecule has 3 nitrogen and oxygen atoms in total. The molecule has 1 heterocycles. The third-order valence-corrected chi connectivity index (χ3v) is 4.74. The molecule has 0 saturated carbocycles. The number of hydrogen-bond donors (Lipinski definition) is 1. The second-order valence-electron chi connectivity index (χ2n) is 5.55.